The lowest BCUT2D eigenvalue weighted by molar-refractivity contribution is -0.148. The molecule has 1 saturated heterocycles. The van der Waals surface area contributed by atoms with Gasteiger partial charge in [0.2, 0.25) is 5.91 Å². The highest BCUT2D eigenvalue weighted by Crippen LogP contribution is 2.35. The maximum absolute atomic E-state index is 11.7. The lowest BCUT2D eigenvalue weighted by atomic mass is 9.83. The van der Waals surface area contributed by atoms with Crippen LogP contribution >= 0.6 is 0 Å². The lowest BCUT2D eigenvalue weighted by Crippen LogP contribution is -2.40. The van der Waals surface area contributed by atoms with Crippen molar-refractivity contribution in [2.75, 3.05) is 19.6 Å². The Hall–Kier alpha value is -1.10. The standard InChI is InChI=1S/C13H22N2O3/c1-2-5-13(12(17)18)6-7-15(9-13)8-11(16)14-10-3-4-10/h10H,2-9H2,1H3,(H,14,16)(H,17,18). The summed E-state index contributed by atoms with van der Waals surface area (Å²) in [7, 11) is 0. The molecule has 2 rings (SSSR count). The van der Waals surface area contributed by atoms with Gasteiger partial charge in [-0.25, -0.2) is 0 Å². The SMILES string of the molecule is CCCC1(C(=O)O)CCN(CC(=O)NC2CC2)C1. The second kappa shape index (κ2) is 5.26. The molecule has 0 spiro atoms. The molecule has 1 aliphatic heterocycles. The largest absolute Gasteiger partial charge is 0.481 e. The van der Waals surface area contributed by atoms with Crippen LogP contribution in [0.1, 0.15) is 39.0 Å². The average Bonchev–Trinajstić information content (AvgIpc) is 3.00. The Morgan fingerprint density at radius 2 is 2.17 bits per heavy atom. The summed E-state index contributed by atoms with van der Waals surface area (Å²) in [5.41, 5.74) is -0.630. The first-order chi connectivity index (χ1) is 8.55. The molecule has 1 amide bonds. The normalized spacial score (nSPS) is 28.3. The molecule has 0 aromatic rings. The number of nitrogens with zero attached hydrogens (tertiary/aromatic N) is 1. The van der Waals surface area contributed by atoms with Gasteiger partial charge < -0.3 is 10.4 Å². The molecule has 5 heteroatoms. The Morgan fingerprint density at radius 3 is 2.72 bits per heavy atom. The van der Waals surface area contributed by atoms with Gasteiger partial charge in [-0.05, 0) is 32.2 Å². The van der Waals surface area contributed by atoms with Crippen molar-refractivity contribution in [3.63, 3.8) is 0 Å². The van der Waals surface area contributed by atoms with Gasteiger partial charge >= 0.3 is 5.97 Å². The Kier molecular flexibility index (Phi) is 3.90. The minimum absolute atomic E-state index is 0.0372. The summed E-state index contributed by atoms with van der Waals surface area (Å²) in [5.74, 6) is -0.676. The molecule has 2 aliphatic rings. The third kappa shape index (κ3) is 3.02. The maximum atomic E-state index is 11.7. The van der Waals surface area contributed by atoms with Crippen molar-refractivity contribution in [1.29, 1.82) is 0 Å². The Morgan fingerprint density at radius 1 is 1.44 bits per heavy atom. The fourth-order valence-corrected chi connectivity index (χ4v) is 2.76. The predicted octanol–water partition coefficient (Wildman–Crippen LogP) is 0.842. The number of rotatable bonds is 6. The number of carbonyl (C=O) groups excluding carboxylic acids is 1. The fourth-order valence-electron chi connectivity index (χ4n) is 2.76. The molecular formula is C13H22N2O3. The summed E-state index contributed by atoms with van der Waals surface area (Å²) in [5, 5.41) is 12.3. The number of carbonyl (C=O) groups is 2. The molecule has 1 unspecified atom stereocenters. The second-order valence-corrected chi connectivity index (χ2v) is 5.64. The molecule has 1 saturated carbocycles. The lowest BCUT2D eigenvalue weighted by Gasteiger charge is -2.24. The van der Waals surface area contributed by atoms with E-state index in [0.717, 1.165) is 19.3 Å². The number of hydrogen-bond acceptors (Lipinski definition) is 3. The number of aliphatic carboxylic acids is 1. The van der Waals surface area contributed by atoms with Crippen LogP contribution in [0.5, 0.6) is 0 Å². The predicted molar refractivity (Wildman–Crippen MR) is 67.2 cm³/mol. The zero-order valence-corrected chi connectivity index (χ0v) is 10.9. The van der Waals surface area contributed by atoms with Crippen LogP contribution < -0.4 is 5.32 Å². The van der Waals surface area contributed by atoms with E-state index >= 15 is 0 Å². The molecule has 5 nitrogen and oxygen atoms in total. The zero-order valence-electron chi connectivity index (χ0n) is 10.9. The molecule has 2 N–H and O–H groups in total. The number of carboxylic acid groups (broad SMARTS) is 1. The van der Waals surface area contributed by atoms with Gasteiger partial charge in [0.1, 0.15) is 0 Å². The van der Waals surface area contributed by atoms with E-state index in [1.165, 1.54) is 0 Å². The van der Waals surface area contributed by atoms with Gasteiger partial charge in [0.15, 0.2) is 0 Å². The summed E-state index contributed by atoms with van der Waals surface area (Å²) < 4.78 is 0. The van der Waals surface area contributed by atoms with Crippen LogP contribution in [0.25, 0.3) is 0 Å². The van der Waals surface area contributed by atoms with Crippen LogP contribution in [-0.2, 0) is 9.59 Å². The van der Waals surface area contributed by atoms with Crippen molar-refractivity contribution < 1.29 is 14.7 Å². The van der Waals surface area contributed by atoms with Crippen LogP contribution in [-0.4, -0.2) is 47.6 Å². The number of hydrogen-bond donors (Lipinski definition) is 2. The van der Waals surface area contributed by atoms with E-state index < -0.39 is 11.4 Å². The zero-order chi connectivity index (χ0) is 13.2. The van der Waals surface area contributed by atoms with Gasteiger partial charge in [-0.2, -0.15) is 0 Å². The van der Waals surface area contributed by atoms with Crippen molar-refractivity contribution in [1.82, 2.24) is 10.2 Å². The summed E-state index contributed by atoms with van der Waals surface area (Å²) in [6.45, 7) is 3.57. The molecule has 0 aromatic heterocycles. The molecule has 1 aliphatic carbocycles. The summed E-state index contributed by atoms with van der Waals surface area (Å²) in [6, 6.07) is 0.375. The highest BCUT2D eigenvalue weighted by molar-refractivity contribution is 5.79. The van der Waals surface area contributed by atoms with Crippen LogP contribution in [0.15, 0.2) is 0 Å². The van der Waals surface area contributed by atoms with Crippen molar-refractivity contribution in [3.8, 4) is 0 Å². The van der Waals surface area contributed by atoms with Crippen LogP contribution in [0.2, 0.25) is 0 Å². The Bertz CT molecular complexity index is 341. The minimum Gasteiger partial charge on any atom is -0.481 e. The second-order valence-electron chi connectivity index (χ2n) is 5.64. The van der Waals surface area contributed by atoms with Crippen molar-refractivity contribution in [2.24, 2.45) is 5.41 Å². The van der Waals surface area contributed by atoms with Crippen LogP contribution in [0.4, 0.5) is 0 Å². The molecule has 1 atom stereocenters. The Labute approximate surface area is 108 Å². The quantitative estimate of drug-likeness (QED) is 0.737. The third-order valence-corrected chi connectivity index (χ3v) is 3.92. The summed E-state index contributed by atoms with van der Waals surface area (Å²) >= 11 is 0. The number of nitrogens with one attached hydrogen (secondary N) is 1. The number of likely N-dealkylation sites (tertiary alicyclic amines) is 1. The number of amides is 1. The van der Waals surface area contributed by atoms with Crippen LogP contribution in [0.3, 0.4) is 0 Å². The van der Waals surface area contributed by atoms with Gasteiger partial charge in [-0.1, -0.05) is 13.3 Å². The molecule has 18 heavy (non-hydrogen) atoms. The van der Waals surface area contributed by atoms with E-state index in [-0.39, 0.29) is 5.91 Å². The van der Waals surface area contributed by atoms with Crippen molar-refractivity contribution >= 4 is 11.9 Å². The van der Waals surface area contributed by atoms with Gasteiger partial charge in [0.05, 0.1) is 12.0 Å². The topological polar surface area (TPSA) is 69.6 Å². The fraction of sp³-hybridized carbons (Fsp3) is 0.846. The van der Waals surface area contributed by atoms with Gasteiger partial charge in [0, 0.05) is 12.6 Å². The van der Waals surface area contributed by atoms with E-state index in [9.17, 15) is 14.7 Å². The van der Waals surface area contributed by atoms with Gasteiger partial charge in [0.25, 0.3) is 0 Å². The number of carboxylic acids is 1. The molecule has 102 valence electrons. The van der Waals surface area contributed by atoms with E-state index in [2.05, 4.69) is 5.32 Å². The first-order valence-electron chi connectivity index (χ1n) is 6.81. The van der Waals surface area contributed by atoms with Gasteiger partial charge in [-0.3, -0.25) is 14.5 Å². The monoisotopic (exact) mass is 254 g/mol. The Balaban J connectivity index is 1.85. The molecular weight excluding hydrogens is 232 g/mol. The average molecular weight is 254 g/mol. The molecule has 2 fully saturated rings. The summed E-state index contributed by atoms with van der Waals surface area (Å²) in [6.07, 6.45) is 4.39. The molecule has 0 aromatic carbocycles. The van der Waals surface area contributed by atoms with E-state index in [4.69, 9.17) is 0 Å². The third-order valence-electron chi connectivity index (χ3n) is 3.92. The highest BCUT2D eigenvalue weighted by atomic mass is 16.4. The molecule has 0 bridgehead atoms. The highest BCUT2D eigenvalue weighted by Gasteiger charge is 2.44. The first-order valence-corrected chi connectivity index (χ1v) is 6.81. The van der Waals surface area contributed by atoms with Crippen molar-refractivity contribution in [2.45, 2.75) is 45.1 Å². The molecule has 0 radical (unpaired) electrons. The molecule has 1 heterocycles. The van der Waals surface area contributed by atoms with Crippen LogP contribution in [0, 0.1) is 5.41 Å². The maximum Gasteiger partial charge on any atom is 0.310 e. The van der Waals surface area contributed by atoms with E-state index in [1.807, 2.05) is 11.8 Å². The van der Waals surface area contributed by atoms with Crippen molar-refractivity contribution in [3.05, 3.63) is 0 Å². The van der Waals surface area contributed by atoms with E-state index in [1.54, 1.807) is 0 Å². The first kappa shape index (κ1) is 13.3. The summed E-state index contributed by atoms with van der Waals surface area (Å²) in [4.78, 5) is 25.1. The minimum atomic E-state index is -0.713. The van der Waals surface area contributed by atoms with E-state index in [0.29, 0.717) is 38.5 Å². The smallest absolute Gasteiger partial charge is 0.310 e. The van der Waals surface area contributed by atoms with Gasteiger partial charge in [-0.15, -0.1) is 0 Å².